The van der Waals surface area contributed by atoms with Crippen molar-refractivity contribution in [1.29, 1.82) is 0 Å². The van der Waals surface area contributed by atoms with Crippen LogP contribution in [0.2, 0.25) is 5.02 Å². The van der Waals surface area contributed by atoms with Gasteiger partial charge in [0, 0.05) is 23.2 Å². The molecule has 3 nitrogen and oxygen atoms in total. The summed E-state index contributed by atoms with van der Waals surface area (Å²) < 4.78 is 0. The first-order valence-corrected chi connectivity index (χ1v) is 7.57. The molecule has 0 spiro atoms. The Hall–Kier alpha value is -1.65. The Morgan fingerprint density at radius 2 is 2.10 bits per heavy atom. The van der Waals surface area contributed by atoms with Crippen LogP contribution in [0.15, 0.2) is 46.9 Å². The fraction of sp³-hybridized carbons (Fsp3) is 0.200. The Morgan fingerprint density at radius 1 is 1.35 bits per heavy atom. The van der Waals surface area contributed by atoms with Gasteiger partial charge in [-0.3, -0.25) is 4.79 Å². The Balaban J connectivity index is 1.92. The molecule has 1 aromatic heterocycles. The van der Waals surface area contributed by atoms with Crippen LogP contribution in [0.3, 0.4) is 0 Å². The first kappa shape index (κ1) is 13.3. The molecular weight excluding hydrogens is 292 g/mol. The predicted molar refractivity (Wildman–Crippen MR) is 82.2 cm³/mol. The summed E-state index contributed by atoms with van der Waals surface area (Å²) in [6.45, 7) is 1.55. The van der Waals surface area contributed by atoms with Crippen molar-refractivity contribution in [3.05, 3.63) is 57.2 Å². The van der Waals surface area contributed by atoms with Crippen LogP contribution in [0.1, 0.15) is 29.8 Å². The number of amides is 1. The molecule has 1 aliphatic heterocycles. The normalized spacial score (nSPS) is 18.2. The van der Waals surface area contributed by atoms with Crippen LogP contribution >= 0.6 is 22.9 Å². The standard InChI is InChI=1S/C15H13ClN2OS/c1-10(19)18-14(15-3-2-8-20-15)9-13(17-18)11-4-6-12(16)7-5-11/h2-8,14H,9H2,1H3/t14-/m1/s1. The minimum atomic E-state index is -0.0348. The van der Waals surface area contributed by atoms with Crippen molar-refractivity contribution >= 4 is 34.6 Å². The van der Waals surface area contributed by atoms with E-state index in [1.165, 1.54) is 0 Å². The van der Waals surface area contributed by atoms with Gasteiger partial charge >= 0.3 is 0 Å². The van der Waals surface area contributed by atoms with E-state index in [0.29, 0.717) is 5.02 Å². The molecule has 2 heterocycles. The van der Waals surface area contributed by atoms with Crippen molar-refractivity contribution < 1.29 is 4.79 Å². The smallest absolute Gasteiger partial charge is 0.240 e. The number of hydrogen-bond donors (Lipinski definition) is 0. The van der Waals surface area contributed by atoms with Crippen molar-refractivity contribution in [2.45, 2.75) is 19.4 Å². The zero-order valence-corrected chi connectivity index (χ0v) is 12.5. The van der Waals surface area contributed by atoms with Crippen molar-refractivity contribution in [2.24, 2.45) is 5.10 Å². The number of carbonyl (C=O) groups excluding carboxylic acids is 1. The van der Waals surface area contributed by atoms with E-state index >= 15 is 0 Å². The first-order chi connectivity index (χ1) is 9.65. The highest BCUT2D eigenvalue weighted by Crippen LogP contribution is 2.35. The highest BCUT2D eigenvalue weighted by atomic mass is 35.5. The quantitative estimate of drug-likeness (QED) is 0.822. The number of nitrogens with zero attached hydrogens (tertiary/aromatic N) is 2. The van der Waals surface area contributed by atoms with Crippen LogP contribution in [0.4, 0.5) is 0 Å². The van der Waals surface area contributed by atoms with Gasteiger partial charge in [-0.2, -0.15) is 5.10 Å². The lowest BCUT2D eigenvalue weighted by molar-refractivity contribution is -0.130. The number of hydrogen-bond acceptors (Lipinski definition) is 3. The van der Waals surface area contributed by atoms with E-state index in [1.54, 1.807) is 23.3 Å². The van der Waals surface area contributed by atoms with E-state index in [2.05, 4.69) is 5.10 Å². The van der Waals surface area contributed by atoms with Crippen LogP contribution in [0, 0.1) is 0 Å². The lowest BCUT2D eigenvalue weighted by Crippen LogP contribution is -2.23. The molecule has 1 aromatic carbocycles. The largest absolute Gasteiger partial charge is 0.273 e. The molecule has 5 heteroatoms. The molecule has 0 saturated carbocycles. The number of rotatable bonds is 2. The van der Waals surface area contributed by atoms with Crippen LogP contribution < -0.4 is 0 Å². The molecule has 0 bridgehead atoms. The Bertz CT molecular complexity index is 649. The van der Waals surface area contributed by atoms with Crippen molar-refractivity contribution in [3.63, 3.8) is 0 Å². The maximum absolute atomic E-state index is 11.8. The van der Waals surface area contributed by atoms with Gasteiger partial charge < -0.3 is 0 Å². The maximum Gasteiger partial charge on any atom is 0.240 e. The van der Waals surface area contributed by atoms with Crippen molar-refractivity contribution in [3.8, 4) is 0 Å². The van der Waals surface area contributed by atoms with Gasteiger partial charge in [0.25, 0.3) is 0 Å². The van der Waals surface area contributed by atoms with Gasteiger partial charge in [0.15, 0.2) is 0 Å². The summed E-state index contributed by atoms with van der Waals surface area (Å²) in [5.74, 6) is -0.0348. The number of benzene rings is 1. The van der Waals surface area contributed by atoms with E-state index in [0.717, 1.165) is 22.6 Å². The van der Waals surface area contributed by atoms with Gasteiger partial charge in [0.05, 0.1) is 11.8 Å². The molecule has 1 atom stereocenters. The van der Waals surface area contributed by atoms with E-state index in [1.807, 2.05) is 41.8 Å². The second-order valence-corrected chi connectivity index (χ2v) is 6.07. The molecule has 1 amide bonds. The number of thiophene rings is 1. The summed E-state index contributed by atoms with van der Waals surface area (Å²) in [6.07, 6.45) is 0.738. The second-order valence-electron chi connectivity index (χ2n) is 4.65. The third-order valence-electron chi connectivity index (χ3n) is 3.28. The highest BCUT2D eigenvalue weighted by Gasteiger charge is 2.31. The van der Waals surface area contributed by atoms with Crippen molar-refractivity contribution in [1.82, 2.24) is 5.01 Å². The molecule has 1 aliphatic rings. The Kier molecular flexibility index (Phi) is 3.59. The van der Waals surface area contributed by atoms with Gasteiger partial charge in [-0.1, -0.05) is 29.8 Å². The third-order valence-corrected chi connectivity index (χ3v) is 4.51. The molecule has 0 saturated heterocycles. The molecule has 102 valence electrons. The first-order valence-electron chi connectivity index (χ1n) is 6.32. The topological polar surface area (TPSA) is 32.7 Å². The summed E-state index contributed by atoms with van der Waals surface area (Å²) in [7, 11) is 0. The van der Waals surface area contributed by atoms with Gasteiger partial charge in [0.2, 0.25) is 5.91 Å². The summed E-state index contributed by atoms with van der Waals surface area (Å²) >= 11 is 7.56. The lowest BCUT2D eigenvalue weighted by Gasteiger charge is -2.18. The maximum atomic E-state index is 11.8. The molecule has 2 aromatic rings. The number of carbonyl (C=O) groups is 1. The molecule has 20 heavy (non-hydrogen) atoms. The predicted octanol–water partition coefficient (Wildman–Crippen LogP) is 4.10. The molecule has 0 unspecified atom stereocenters. The SMILES string of the molecule is CC(=O)N1N=C(c2ccc(Cl)cc2)C[C@@H]1c1cccs1. The Labute approximate surface area is 126 Å². The highest BCUT2D eigenvalue weighted by molar-refractivity contribution is 7.10. The van der Waals surface area contributed by atoms with Crippen LogP contribution in [0.5, 0.6) is 0 Å². The van der Waals surface area contributed by atoms with Gasteiger partial charge in [-0.25, -0.2) is 5.01 Å². The van der Waals surface area contributed by atoms with Crippen LogP contribution in [0.25, 0.3) is 0 Å². The van der Waals surface area contributed by atoms with Crippen LogP contribution in [-0.4, -0.2) is 16.6 Å². The van der Waals surface area contributed by atoms with Gasteiger partial charge in [-0.05, 0) is 29.1 Å². The minimum absolute atomic E-state index is 0.0122. The average molecular weight is 305 g/mol. The Morgan fingerprint density at radius 3 is 2.70 bits per heavy atom. The lowest BCUT2D eigenvalue weighted by atomic mass is 10.0. The third kappa shape index (κ3) is 2.49. The molecule has 0 radical (unpaired) electrons. The fourth-order valence-electron chi connectivity index (χ4n) is 2.32. The summed E-state index contributed by atoms with van der Waals surface area (Å²) in [5, 5.41) is 8.79. The van der Waals surface area contributed by atoms with Crippen LogP contribution in [-0.2, 0) is 4.79 Å². The molecular formula is C15H13ClN2OS. The van der Waals surface area contributed by atoms with E-state index in [9.17, 15) is 4.79 Å². The van der Waals surface area contributed by atoms with Gasteiger partial charge in [0.1, 0.15) is 0 Å². The van der Waals surface area contributed by atoms with Crippen molar-refractivity contribution in [2.75, 3.05) is 0 Å². The second kappa shape index (κ2) is 5.38. The monoisotopic (exact) mass is 304 g/mol. The minimum Gasteiger partial charge on any atom is -0.273 e. The summed E-state index contributed by atoms with van der Waals surface area (Å²) in [6, 6.07) is 11.6. The zero-order chi connectivity index (χ0) is 14.1. The number of hydrazone groups is 1. The summed E-state index contributed by atoms with van der Waals surface area (Å²) in [5.41, 5.74) is 1.94. The van der Waals surface area contributed by atoms with E-state index in [4.69, 9.17) is 11.6 Å². The fourth-order valence-corrected chi connectivity index (χ4v) is 3.26. The molecule has 0 aliphatic carbocycles. The summed E-state index contributed by atoms with van der Waals surface area (Å²) in [4.78, 5) is 12.9. The van der Waals surface area contributed by atoms with Gasteiger partial charge in [-0.15, -0.1) is 11.3 Å². The molecule has 0 N–H and O–H groups in total. The van der Waals surface area contributed by atoms with E-state index < -0.39 is 0 Å². The molecule has 0 fully saturated rings. The zero-order valence-electron chi connectivity index (χ0n) is 10.9. The molecule has 3 rings (SSSR count). The number of halogens is 1. The van der Waals surface area contributed by atoms with E-state index in [-0.39, 0.29) is 11.9 Å². The average Bonchev–Trinajstić information content (AvgIpc) is 3.08.